The lowest BCUT2D eigenvalue weighted by Crippen LogP contribution is -2.36. The third kappa shape index (κ3) is 9.36. The Bertz CT molecular complexity index is 1360. The van der Waals surface area contributed by atoms with E-state index in [2.05, 4.69) is 33.0 Å². The molecule has 0 aliphatic carbocycles. The molecule has 0 atom stereocenters. The Labute approximate surface area is 249 Å². The van der Waals surface area contributed by atoms with E-state index < -0.39 is 17.7 Å². The highest BCUT2D eigenvalue weighted by Crippen LogP contribution is 2.31. The van der Waals surface area contributed by atoms with Crippen molar-refractivity contribution in [2.75, 3.05) is 20.3 Å². The van der Waals surface area contributed by atoms with Crippen LogP contribution in [0.3, 0.4) is 0 Å². The van der Waals surface area contributed by atoms with Crippen LogP contribution < -0.4 is 10.1 Å². The third-order valence-electron chi connectivity index (χ3n) is 6.99. The molecule has 0 spiro atoms. The number of methoxy groups -OCH3 is 1. The number of ether oxygens (including phenoxy) is 3. The number of furan rings is 1. The summed E-state index contributed by atoms with van der Waals surface area (Å²) in [5.74, 6) is 0.582. The molecule has 3 aromatic rings. The first-order chi connectivity index (χ1) is 19.8. The predicted molar refractivity (Wildman–Crippen MR) is 163 cm³/mol. The largest absolute Gasteiger partial charge is 0.494 e. The summed E-state index contributed by atoms with van der Waals surface area (Å²) in [7, 11) is 1.32. The van der Waals surface area contributed by atoms with E-state index in [4.69, 9.17) is 18.6 Å². The maximum Gasteiger partial charge on any atom is 0.407 e. The average molecular weight is 580 g/mol. The van der Waals surface area contributed by atoms with Gasteiger partial charge in [-0.15, -0.1) is 0 Å². The fourth-order valence-electron chi connectivity index (χ4n) is 4.47. The molecule has 0 saturated heterocycles. The molecule has 0 bridgehead atoms. The first-order valence-electron chi connectivity index (χ1n) is 14.7. The van der Waals surface area contributed by atoms with Crippen LogP contribution in [0.1, 0.15) is 106 Å². The lowest BCUT2D eigenvalue weighted by Gasteiger charge is -2.29. The maximum absolute atomic E-state index is 13.7. The summed E-state index contributed by atoms with van der Waals surface area (Å²) < 4.78 is 22.3. The summed E-state index contributed by atoms with van der Waals surface area (Å²) in [6.45, 7) is 13.3. The summed E-state index contributed by atoms with van der Waals surface area (Å²) in [6.07, 6.45) is 4.37. The molecule has 0 unspecified atom stereocenters. The lowest BCUT2D eigenvalue weighted by molar-refractivity contribution is 0.0247. The second-order valence-electron chi connectivity index (χ2n) is 12.4. The number of unbranched alkanes of at least 4 members (excludes halogenated alkanes) is 1. The Morgan fingerprint density at radius 1 is 0.905 bits per heavy atom. The Morgan fingerprint density at radius 2 is 1.60 bits per heavy atom. The summed E-state index contributed by atoms with van der Waals surface area (Å²) in [5, 5.41) is 3.38. The number of benzene rings is 2. The van der Waals surface area contributed by atoms with Crippen LogP contribution in [0.25, 0.3) is 11.0 Å². The Balaban J connectivity index is 1.57. The molecule has 1 N–H and O–H groups in total. The molecular formula is C34H45NO7. The van der Waals surface area contributed by atoms with Crippen molar-refractivity contribution in [3.05, 3.63) is 64.9 Å². The van der Waals surface area contributed by atoms with Crippen LogP contribution in [0.2, 0.25) is 0 Å². The van der Waals surface area contributed by atoms with Crippen molar-refractivity contribution in [1.29, 1.82) is 0 Å². The fraction of sp³-hybridized carbons (Fsp3) is 0.500. The highest BCUT2D eigenvalue weighted by molar-refractivity contribution is 6.17. The van der Waals surface area contributed by atoms with Gasteiger partial charge in [-0.25, -0.2) is 9.59 Å². The molecule has 0 aliphatic rings. The average Bonchev–Trinajstić information content (AvgIpc) is 3.31. The number of amides is 1. The van der Waals surface area contributed by atoms with Gasteiger partial charge in [0.25, 0.3) is 0 Å². The molecule has 2 aromatic carbocycles. The number of aryl methyl sites for hydroxylation is 1. The number of hydrogen-bond donors (Lipinski definition) is 1. The molecule has 1 heterocycles. The number of esters is 1. The van der Waals surface area contributed by atoms with Gasteiger partial charge in [0.1, 0.15) is 22.7 Å². The predicted octanol–water partition coefficient (Wildman–Crippen LogP) is 7.89. The van der Waals surface area contributed by atoms with Crippen molar-refractivity contribution in [3.8, 4) is 5.75 Å². The number of ketones is 1. The topological polar surface area (TPSA) is 104 Å². The smallest absolute Gasteiger partial charge is 0.407 e. The lowest BCUT2D eigenvalue weighted by atomic mass is 9.86. The van der Waals surface area contributed by atoms with Crippen LogP contribution in [0, 0.1) is 5.41 Å². The molecule has 3 rings (SSSR count). The first-order valence-corrected chi connectivity index (χ1v) is 14.7. The van der Waals surface area contributed by atoms with Crippen molar-refractivity contribution in [3.63, 3.8) is 0 Å². The van der Waals surface area contributed by atoms with Gasteiger partial charge in [-0.3, -0.25) is 4.79 Å². The minimum Gasteiger partial charge on any atom is -0.494 e. The maximum atomic E-state index is 13.7. The first kappa shape index (κ1) is 32.7. The van der Waals surface area contributed by atoms with E-state index in [1.807, 2.05) is 13.8 Å². The van der Waals surface area contributed by atoms with E-state index in [1.54, 1.807) is 42.5 Å². The van der Waals surface area contributed by atoms with Gasteiger partial charge in [0.15, 0.2) is 5.78 Å². The van der Waals surface area contributed by atoms with Gasteiger partial charge in [0.05, 0.1) is 24.8 Å². The van der Waals surface area contributed by atoms with E-state index in [1.165, 1.54) is 7.11 Å². The molecule has 42 heavy (non-hydrogen) atoms. The minimum atomic E-state index is -0.532. The zero-order chi connectivity index (χ0) is 30.9. The van der Waals surface area contributed by atoms with Crippen LogP contribution in [0.5, 0.6) is 5.75 Å². The number of carbonyl (C=O) groups is 3. The molecule has 8 nitrogen and oxygen atoms in total. The molecule has 1 aromatic heterocycles. The van der Waals surface area contributed by atoms with Crippen LogP contribution >= 0.6 is 0 Å². The highest BCUT2D eigenvalue weighted by atomic mass is 16.6. The number of hydrogen-bond acceptors (Lipinski definition) is 7. The van der Waals surface area contributed by atoms with Crippen molar-refractivity contribution in [1.82, 2.24) is 5.32 Å². The second kappa shape index (κ2) is 14.4. The number of carbonyl (C=O) groups excluding carboxylic acids is 3. The van der Waals surface area contributed by atoms with E-state index in [9.17, 15) is 14.4 Å². The standard InChI is InChI=1S/C34H45NO7/c1-8-9-11-28-29(26-22-24(31(37)39-7)14-17-27(26)41-28)30(36)23-12-15-25(16-13-23)40-21-10-20-35-32(38)42-34(5,6)19-18-33(2,3)4/h12-17,22H,8-11,18-21H2,1-7H3,(H,35,38). The SMILES string of the molecule is CCCCc1oc2ccc(C(=O)OC)cc2c1C(=O)c1ccc(OCCCNC(=O)OC(C)(C)CCC(C)(C)C)cc1. The van der Waals surface area contributed by atoms with Gasteiger partial charge in [0.2, 0.25) is 0 Å². The Morgan fingerprint density at radius 3 is 2.24 bits per heavy atom. The van der Waals surface area contributed by atoms with E-state index in [-0.39, 0.29) is 11.2 Å². The second-order valence-corrected chi connectivity index (χ2v) is 12.4. The molecular weight excluding hydrogens is 534 g/mol. The summed E-state index contributed by atoms with van der Waals surface area (Å²) in [5.41, 5.74) is 1.53. The van der Waals surface area contributed by atoms with E-state index >= 15 is 0 Å². The molecule has 0 fully saturated rings. The quantitative estimate of drug-likeness (QED) is 0.118. The van der Waals surface area contributed by atoms with Crippen molar-refractivity contribution in [2.24, 2.45) is 5.41 Å². The number of alkyl carbamates (subject to hydrolysis) is 1. The van der Waals surface area contributed by atoms with E-state index in [0.717, 1.165) is 25.7 Å². The minimum absolute atomic E-state index is 0.179. The van der Waals surface area contributed by atoms with Gasteiger partial charge in [-0.2, -0.15) is 0 Å². The fourth-order valence-corrected chi connectivity index (χ4v) is 4.47. The van der Waals surface area contributed by atoms with Crippen molar-refractivity contribution >= 4 is 28.8 Å². The summed E-state index contributed by atoms with van der Waals surface area (Å²) in [6, 6.07) is 11.9. The zero-order valence-corrected chi connectivity index (χ0v) is 26.1. The molecule has 0 radical (unpaired) electrons. The van der Waals surface area contributed by atoms with Gasteiger partial charge in [0, 0.05) is 23.9 Å². The number of rotatable bonds is 14. The monoisotopic (exact) mass is 579 g/mol. The van der Waals surface area contributed by atoms with Crippen LogP contribution in [-0.2, 0) is 15.9 Å². The molecule has 0 aliphatic heterocycles. The van der Waals surface area contributed by atoms with Gasteiger partial charge in [-0.05, 0) is 87.4 Å². The van der Waals surface area contributed by atoms with E-state index in [0.29, 0.717) is 65.2 Å². The van der Waals surface area contributed by atoms with Crippen LogP contribution in [0.15, 0.2) is 46.9 Å². The normalized spacial score (nSPS) is 11.8. The Hall–Kier alpha value is -3.81. The van der Waals surface area contributed by atoms with Gasteiger partial charge in [-0.1, -0.05) is 34.1 Å². The van der Waals surface area contributed by atoms with Gasteiger partial charge < -0.3 is 23.9 Å². The zero-order valence-electron chi connectivity index (χ0n) is 26.1. The molecule has 228 valence electrons. The summed E-state index contributed by atoms with van der Waals surface area (Å²) in [4.78, 5) is 38.0. The van der Waals surface area contributed by atoms with Gasteiger partial charge >= 0.3 is 12.1 Å². The third-order valence-corrected chi connectivity index (χ3v) is 6.99. The molecule has 0 saturated carbocycles. The number of nitrogens with one attached hydrogen (secondary N) is 1. The highest BCUT2D eigenvalue weighted by Gasteiger charge is 2.26. The number of fused-ring (bicyclic) bond motifs is 1. The van der Waals surface area contributed by atoms with Crippen molar-refractivity contribution in [2.45, 2.75) is 85.7 Å². The Kier molecular flexibility index (Phi) is 11.2. The molecule has 8 heteroatoms. The molecule has 1 amide bonds. The van der Waals surface area contributed by atoms with Crippen LogP contribution in [-0.4, -0.2) is 43.7 Å². The summed E-state index contributed by atoms with van der Waals surface area (Å²) >= 11 is 0. The van der Waals surface area contributed by atoms with Crippen molar-refractivity contribution < 1.29 is 33.0 Å². The van der Waals surface area contributed by atoms with Crippen LogP contribution in [0.4, 0.5) is 4.79 Å².